The van der Waals surface area contributed by atoms with Crippen molar-refractivity contribution in [3.05, 3.63) is 11.6 Å². The van der Waals surface area contributed by atoms with Crippen LogP contribution in [0.4, 0.5) is 0 Å². The number of ether oxygens (including phenoxy) is 2. The highest BCUT2D eigenvalue weighted by atomic mass is 16.5. The number of carbonyl (C=O) groups is 2. The topological polar surface area (TPSA) is 93.1 Å². The van der Waals surface area contributed by atoms with Crippen LogP contribution < -0.4 is 0 Å². The second kappa shape index (κ2) is 7.05. The molecule has 1 aliphatic heterocycles. The Bertz CT molecular complexity index is 821. The normalized spacial score (nSPS) is 51.3. The van der Waals surface area contributed by atoms with Crippen molar-refractivity contribution in [1.29, 1.82) is 0 Å². The van der Waals surface area contributed by atoms with Crippen molar-refractivity contribution in [1.82, 2.24) is 0 Å². The Morgan fingerprint density at radius 3 is 2.61 bits per heavy atom. The summed E-state index contributed by atoms with van der Waals surface area (Å²) in [6.45, 7) is 6.16. The highest BCUT2D eigenvalue weighted by Gasteiger charge is 2.70. The van der Waals surface area contributed by atoms with Crippen LogP contribution in [-0.4, -0.2) is 46.6 Å². The lowest BCUT2D eigenvalue weighted by Gasteiger charge is -2.63. The van der Waals surface area contributed by atoms with Crippen molar-refractivity contribution < 1.29 is 29.3 Å². The largest absolute Gasteiger partial charge is 0.462 e. The lowest BCUT2D eigenvalue weighted by atomic mass is 9.43. The molecule has 0 radical (unpaired) electrons. The summed E-state index contributed by atoms with van der Waals surface area (Å²) >= 11 is 0. The third-order valence-electron chi connectivity index (χ3n) is 10.2. The predicted molar refractivity (Wildman–Crippen MR) is 113 cm³/mol. The van der Waals surface area contributed by atoms with Crippen molar-refractivity contribution in [2.24, 2.45) is 34.5 Å². The Hall–Kier alpha value is -1.40. The van der Waals surface area contributed by atoms with Gasteiger partial charge in [0.1, 0.15) is 12.7 Å². The first kappa shape index (κ1) is 21.4. The van der Waals surface area contributed by atoms with E-state index in [9.17, 15) is 19.8 Å². The summed E-state index contributed by atoms with van der Waals surface area (Å²) < 4.78 is 11.0. The highest BCUT2D eigenvalue weighted by Crippen LogP contribution is 2.70. The summed E-state index contributed by atoms with van der Waals surface area (Å²) in [7, 11) is 0. The summed E-state index contributed by atoms with van der Waals surface area (Å²) in [4.78, 5) is 23.8. The average Bonchev–Trinajstić information content (AvgIpc) is 3.19. The first-order chi connectivity index (χ1) is 14.6. The average molecular weight is 433 g/mol. The molecule has 31 heavy (non-hydrogen) atoms. The molecular formula is C25H36O6. The van der Waals surface area contributed by atoms with E-state index in [1.165, 1.54) is 6.92 Å². The minimum Gasteiger partial charge on any atom is -0.462 e. The van der Waals surface area contributed by atoms with Gasteiger partial charge in [-0.2, -0.15) is 0 Å². The van der Waals surface area contributed by atoms with E-state index in [4.69, 9.17) is 9.47 Å². The van der Waals surface area contributed by atoms with Gasteiger partial charge in [0.05, 0.1) is 11.7 Å². The van der Waals surface area contributed by atoms with E-state index in [0.717, 1.165) is 50.5 Å². The molecule has 0 aromatic carbocycles. The molecule has 6 nitrogen and oxygen atoms in total. The molecule has 0 spiro atoms. The van der Waals surface area contributed by atoms with Gasteiger partial charge in [-0.25, -0.2) is 4.79 Å². The zero-order valence-electron chi connectivity index (χ0n) is 18.9. The molecule has 4 saturated carbocycles. The molecule has 9 atom stereocenters. The number of hydrogen-bond donors (Lipinski definition) is 2. The quantitative estimate of drug-likeness (QED) is 0.651. The first-order valence-corrected chi connectivity index (χ1v) is 12.0. The Morgan fingerprint density at radius 2 is 1.94 bits per heavy atom. The summed E-state index contributed by atoms with van der Waals surface area (Å²) in [5.41, 5.74) is -0.420. The van der Waals surface area contributed by atoms with Gasteiger partial charge in [0, 0.05) is 30.8 Å². The molecule has 0 amide bonds. The standard InChI is InChI=1S/C25H36O6/c1-14(26)31-20-12-25(29)19-5-4-16-11-17(27)6-8-23(16,2)18(19)7-9-24(25,3)22(20)15-10-21(28)30-13-15/h10,16-20,22,27,29H,4-9,11-13H2,1-3H3/t16-,17+,18+,19-,20+,22+,23+,24-,25+/m1/s1. The van der Waals surface area contributed by atoms with Crippen LogP contribution in [0.1, 0.15) is 72.1 Å². The second-order valence-electron chi connectivity index (χ2n) is 11.5. The third kappa shape index (κ3) is 2.97. The van der Waals surface area contributed by atoms with E-state index in [1.54, 1.807) is 6.08 Å². The maximum atomic E-state index is 12.4. The van der Waals surface area contributed by atoms with E-state index in [1.807, 2.05) is 0 Å². The molecule has 6 heteroatoms. The van der Waals surface area contributed by atoms with E-state index < -0.39 is 17.1 Å². The third-order valence-corrected chi connectivity index (χ3v) is 10.2. The van der Waals surface area contributed by atoms with E-state index >= 15 is 0 Å². The van der Waals surface area contributed by atoms with Gasteiger partial charge in [-0.05, 0) is 73.7 Å². The maximum Gasteiger partial charge on any atom is 0.331 e. The molecule has 5 aliphatic rings. The Balaban J connectivity index is 1.52. The number of carbonyl (C=O) groups excluding carboxylic acids is 2. The molecule has 2 N–H and O–H groups in total. The van der Waals surface area contributed by atoms with Crippen LogP contribution in [0.5, 0.6) is 0 Å². The number of fused-ring (bicyclic) bond motifs is 5. The minimum absolute atomic E-state index is 0.139. The Kier molecular flexibility index (Phi) is 4.88. The fourth-order valence-corrected chi connectivity index (χ4v) is 8.76. The second-order valence-corrected chi connectivity index (χ2v) is 11.5. The molecule has 0 aromatic heterocycles. The molecule has 4 aliphatic carbocycles. The van der Waals surface area contributed by atoms with Crippen molar-refractivity contribution in [2.45, 2.75) is 89.9 Å². The summed E-state index contributed by atoms with van der Waals surface area (Å²) in [6, 6.07) is 0. The molecule has 0 aromatic rings. The van der Waals surface area contributed by atoms with Gasteiger partial charge < -0.3 is 19.7 Å². The number of esters is 2. The Labute approximate surface area is 184 Å². The lowest BCUT2D eigenvalue weighted by molar-refractivity contribution is -0.208. The molecular weight excluding hydrogens is 396 g/mol. The van der Waals surface area contributed by atoms with Crippen LogP contribution in [0.15, 0.2) is 11.6 Å². The fraction of sp³-hybridized carbons (Fsp3) is 0.840. The summed E-state index contributed by atoms with van der Waals surface area (Å²) in [5.74, 6) is 0.162. The van der Waals surface area contributed by atoms with Gasteiger partial charge in [0.15, 0.2) is 0 Å². The molecule has 1 heterocycles. The van der Waals surface area contributed by atoms with Crippen molar-refractivity contribution in [3.63, 3.8) is 0 Å². The van der Waals surface area contributed by atoms with Gasteiger partial charge in [0.2, 0.25) is 0 Å². The molecule has 172 valence electrons. The fourth-order valence-electron chi connectivity index (χ4n) is 8.76. The van der Waals surface area contributed by atoms with Gasteiger partial charge >= 0.3 is 11.9 Å². The van der Waals surface area contributed by atoms with E-state index in [0.29, 0.717) is 18.3 Å². The SMILES string of the molecule is CC(=O)O[C@H]1C[C@]2(O)[C@@H]3CC[C@@H]4C[C@@H](O)CC[C@]4(C)[C@H]3CC[C@]2(C)[C@H]1C1=CC(=O)OC1. The van der Waals surface area contributed by atoms with Crippen LogP contribution in [0, 0.1) is 34.5 Å². The molecule has 4 fully saturated rings. The molecule has 0 saturated heterocycles. The van der Waals surface area contributed by atoms with Crippen molar-refractivity contribution >= 4 is 11.9 Å². The van der Waals surface area contributed by atoms with Crippen LogP contribution in [0.25, 0.3) is 0 Å². The number of aliphatic hydroxyl groups is 2. The van der Waals surface area contributed by atoms with Crippen LogP contribution in [0.3, 0.4) is 0 Å². The van der Waals surface area contributed by atoms with Gasteiger partial charge in [-0.15, -0.1) is 0 Å². The lowest BCUT2D eigenvalue weighted by Crippen LogP contribution is -2.62. The molecule has 0 unspecified atom stereocenters. The van der Waals surface area contributed by atoms with E-state index in [2.05, 4.69) is 13.8 Å². The minimum atomic E-state index is -0.947. The number of hydrogen-bond acceptors (Lipinski definition) is 6. The van der Waals surface area contributed by atoms with Gasteiger partial charge in [-0.1, -0.05) is 13.8 Å². The molecule has 5 rings (SSSR count). The van der Waals surface area contributed by atoms with Gasteiger partial charge in [0.25, 0.3) is 0 Å². The zero-order valence-corrected chi connectivity index (χ0v) is 18.9. The zero-order chi connectivity index (χ0) is 22.2. The van der Waals surface area contributed by atoms with Crippen molar-refractivity contribution in [3.8, 4) is 0 Å². The molecule has 0 bridgehead atoms. The van der Waals surface area contributed by atoms with Gasteiger partial charge in [-0.3, -0.25) is 4.79 Å². The summed E-state index contributed by atoms with van der Waals surface area (Å²) in [6.07, 6.45) is 7.90. The van der Waals surface area contributed by atoms with Crippen molar-refractivity contribution in [2.75, 3.05) is 6.61 Å². The number of aliphatic hydroxyl groups excluding tert-OH is 1. The summed E-state index contributed by atoms with van der Waals surface area (Å²) in [5, 5.41) is 22.7. The highest BCUT2D eigenvalue weighted by molar-refractivity contribution is 5.85. The Morgan fingerprint density at radius 1 is 1.16 bits per heavy atom. The van der Waals surface area contributed by atoms with Crippen LogP contribution >= 0.6 is 0 Å². The van der Waals surface area contributed by atoms with Crippen LogP contribution in [0.2, 0.25) is 0 Å². The number of cyclic esters (lactones) is 1. The first-order valence-electron chi connectivity index (χ1n) is 12.0. The van der Waals surface area contributed by atoms with E-state index in [-0.39, 0.29) is 41.9 Å². The smallest absolute Gasteiger partial charge is 0.331 e. The maximum absolute atomic E-state index is 12.4. The predicted octanol–water partition coefficient (Wildman–Crippen LogP) is 3.15. The number of rotatable bonds is 2. The van der Waals surface area contributed by atoms with Crippen LogP contribution in [-0.2, 0) is 19.1 Å². The monoisotopic (exact) mass is 432 g/mol.